The average Bonchev–Trinajstić information content (AvgIpc) is 2.47. The molecule has 1 aliphatic rings. The van der Waals surface area contributed by atoms with Gasteiger partial charge in [0.05, 0.1) is 18.1 Å². The van der Waals surface area contributed by atoms with Gasteiger partial charge in [-0.2, -0.15) is 5.26 Å². The molecule has 2 unspecified atom stereocenters. The molecule has 0 aromatic carbocycles. The summed E-state index contributed by atoms with van der Waals surface area (Å²) in [5.41, 5.74) is 0. The van der Waals surface area contributed by atoms with Crippen molar-refractivity contribution in [3.63, 3.8) is 0 Å². The van der Waals surface area contributed by atoms with E-state index in [1.807, 2.05) is 0 Å². The lowest BCUT2D eigenvalue weighted by Crippen LogP contribution is -2.19. The zero-order valence-electron chi connectivity index (χ0n) is 7.92. The van der Waals surface area contributed by atoms with Gasteiger partial charge in [-0.25, -0.2) is 0 Å². The van der Waals surface area contributed by atoms with Gasteiger partial charge in [0.2, 0.25) is 0 Å². The van der Waals surface area contributed by atoms with Gasteiger partial charge in [-0.3, -0.25) is 0 Å². The van der Waals surface area contributed by atoms with Crippen LogP contribution >= 0.6 is 0 Å². The fourth-order valence-electron chi connectivity index (χ4n) is 1.59. The molecule has 1 aliphatic carbocycles. The lowest BCUT2D eigenvalue weighted by molar-refractivity contribution is 0.0251. The second kappa shape index (κ2) is 4.47. The van der Waals surface area contributed by atoms with E-state index in [2.05, 4.69) is 19.9 Å². The molecule has 12 heavy (non-hydrogen) atoms. The molecule has 0 bridgehead atoms. The van der Waals surface area contributed by atoms with Crippen LogP contribution < -0.4 is 0 Å². The molecule has 0 aromatic rings. The number of hydrogen-bond acceptors (Lipinski definition) is 2. The van der Waals surface area contributed by atoms with E-state index < -0.39 is 0 Å². The molecular weight excluding hydrogens is 150 g/mol. The summed E-state index contributed by atoms with van der Waals surface area (Å²) in [6, 6.07) is 2.31. The Labute approximate surface area is 74.5 Å². The molecule has 0 aliphatic heterocycles. The molecule has 0 aromatic heterocycles. The first-order valence-corrected chi connectivity index (χ1v) is 4.75. The highest BCUT2D eigenvalue weighted by Crippen LogP contribution is 2.27. The third-order valence-corrected chi connectivity index (χ3v) is 2.26. The van der Waals surface area contributed by atoms with E-state index in [1.165, 1.54) is 0 Å². The van der Waals surface area contributed by atoms with E-state index in [0.29, 0.717) is 5.92 Å². The summed E-state index contributed by atoms with van der Waals surface area (Å²) in [5, 5.41) is 8.77. The second-order valence-corrected chi connectivity index (χ2v) is 3.93. The van der Waals surface area contributed by atoms with Gasteiger partial charge in [0, 0.05) is 6.61 Å². The van der Waals surface area contributed by atoms with Crippen LogP contribution in [0.3, 0.4) is 0 Å². The molecule has 0 heterocycles. The van der Waals surface area contributed by atoms with Gasteiger partial charge in [-0.05, 0) is 25.2 Å². The Bertz CT molecular complexity index is 171. The maximum absolute atomic E-state index is 8.77. The molecule has 0 N–H and O–H groups in total. The molecule has 1 rings (SSSR count). The third kappa shape index (κ3) is 2.49. The van der Waals surface area contributed by atoms with Crippen LogP contribution in [0.15, 0.2) is 0 Å². The Kier molecular flexibility index (Phi) is 3.55. The molecule has 2 atom stereocenters. The van der Waals surface area contributed by atoms with Gasteiger partial charge >= 0.3 is 0 Å². The van der Waals surface area contributed by atoms with Crippen LogP contribution in [-0.2, 0) is 4.74 Å². The largest absolute Gasteiger partial charge is 0.377 e. The molecule has 0 saturated heterocycles. The molecule has 1 fully saturated rings. The zero-order chi connectivity index (χ0) is 8.97. The summed E-state index contributed by atoms with van der Waals surface area (Å²) < 4.78 is 5.65. The standard InChI is InChI=1S/C10H17NO/c1-8(2)7-12-10-5-3-4-9(10)6-11/h8-10H,3-5,7H2,1-2H3. The van der Waals surface area contributed by atoms with Gasteiger partial charge < -0.3 is 4.74 Å². The first kappa shape index (κ1) is 9.54. The maximum Gasteiger partial charge on any atom is 0.0733 e. The van der Waals surface area contributed by atoms with Gasteiger partial charge in [-0.15, -0.1) is 0 Å². The van der Waals surface area contributed by atoms with E-state index in [4.69, 9.17) is 10.00 Å². The molecular formula is C10H17NO. The smallest absolute Gasteiger partial charge is 0.0733 e. The van der Waals surface area contributed by atoms with Crippen LogP contribution in [0.4, 0.5) is 0 Å². The van der Waals surface area contributed by atoms with E-state index in [1.54, 1.807) is 0 Å². The Morgan fingerprint density at radius 3 is 2.83 bits per heavy atom. The average molecular weight is 167 g/mol. The molecule has 1 saturated carbocycles. The second-order valence-electron chi connectivity index (χ2n) is 3.93. The van der Waals surface area contributed by atoms with E-state index >= 15 is 0 Å². The predicted octanol–water partition coefficient (Wildman–Crippen LogP) is 2.35. The summed E-state index contributed by atoms with van der Waals surface area (Å²) in [5.74, 6) is 0.730. The van der Waals surface area contributed by atoms with Crippen molar-refractivity contribution in [1.82, 2.24) is 0 Å². The first-order chi connectivity index (χ1) is 5.74. The van der Waals surface area contributed by atoms with Gasteiger partial charge in [-0.1, -0.05) is 13.8 Å². The fourth-order valence-corrected chi connectivity index (χ4v) is 1.59. The van der Waals surface area contributed by atoms with Crippen molar-refractivity contribution in [1.29, 1.82) is 5.26 Å². The zero-order valence-corrected chi connectivity index (χ0v) is 7.92. The first-order valence-electron chi connectivity index (χ1n) is 4.75. The number of rotatable bonds is 3. The number of nitrogens with zero attached hydrogens (tertiary/aromatic N) is 1. The van der Waals surface area contributed by atoms with Crippen LogP contribution in [0.2, 0.25) is 0 Å². The monoisotopic (exact) mass is 167 g/mol. The van der Waals surface area contributed by atoms with Crippen molar-refractivity contribution in [2.75, 3.05) is 6.61 Å². The highest BCUT2D eigenvalue weighted by atomic mass is 16.5. The highest BCUT2D eigenvalue weighted by molar-refractivity contribution is 4.93. The topological polar surface area (TPSA) is 33.0 Å². The van der Waals surface area contributed by atoms with Crippen LogP contribution in [0.25, 0.3) is 0 Å². The molecule has 0 amide bonds. The highest BCUT2D eigenvalue weighted by Gasteiger charge is 2.27. The lowest BCUT2D eigenvalue weighted by atomic mass is 10.1. The molecule has 0 radical (unpaired) electrons. The number of ether oxygens (including phenoxy) is 1. The van der Waals surface area contributed by atoms with E-state index in [0.717, 1.165) is 25.9 Å². The van der Waals surface area contributed by atoms with Gasteiger partial charge in [0.1, 0.15) is 0 Å². The van der Waals surface area contributed by atoms with Crippen molar-refractivity contribution >= 4 is 0 Å². The summed E-state index contributed by atoms with van der Waals surface area (Å²) in [4.78, 5) is 0. The minimum absolute atomic E-state index is 0.156. The molecule has 2 heteroatoms. The predicted molar refractivity (Wildman–Crippen MR) is 47.5 cm³/mol. The Balaban J connectivity index is 2.27. The summed E-state index contributed by atoms with van der Waals surface area (Å²) in [6.45, 7) is 5.06. The normalized spacial score (nSPS) is 29.2. The van der Waals surface area contributed by atoms with Crippen molar-refractivity contribution in [3.05, 3.63) is 0 Å². The van der Waals surface area contributed by atoms with Crippen LogP contribution in [0.1, 0.15) is 33.1 Å². The van der Waals surface area contributed by atoms with E-state index in [-0.39, 0.29) is 12.0 Å². The third-order valence-electron chi connectivity index (χ3n) is 2.26. The lowest BCUT2D eigenvalue weighted by Gasteiger charge is -2.15. The number of nitriles is 1. The maximum atomic E-state index is 8.77. The van der Waals surface area contributed by atoms with Crippen LogP contribution in [-0.4, -0.2) is 12.7 Å². The van der Waals surface area contributed by atoms with Crippen molar-refractivity contribution < 1.29 is 4.74 Å². The van der Waals surface area contributed by atoms with Crippen molar-refractivity contribution in [3.8, 4) is 6.07 Å². The Hall–Kier alpha value is -0.550. The van der Waals surface area contributed by atoms with Crippen molar-refractivity contribution in [2.24, 2.45) is 11.8 Å². The quantitative estimate of drug-likeness (QED) is 0.646. The molecule has 2 nitrogen and oxygen atoms in total. The number of hydrogen-bond donors (Lipinski definition) is 0. The summed E-state index contributed by atoms with van der Waals surface area (Å²) >= 11 is 0. The molecule has 0 spiro atoms. The fraction of sp³-hybridized carbons (Fsp3) is 0.900. The van der Waals surface area contributed by atoms with E-state index in [9.17, 15) is 0 Å². The minimum Gasteiger partial charge on any atom is -0.377 e. The van der Waals surface area contributed by atoms with Crippen LogP contribution in [0.5, 0.6) is 0 Å². The van der Waals surface area contributed by atoms with Crippen molar-refractivity contribution in [2.45, 2.75) is 39.2 Å². The SMILES string of the molecule is CC(C)COC1CCCC1C#N. The summed E-state index contributed by atoms with van der Waals surface area (Å²) in [7, 11) is 0. The Morgan fingerprint density at radius 2 is 2.25 bits per heavy atom. The summed E-state index contributed by atoms with van der Waals surface area (Å²) in [6.07, 6.45) is 3.47. The van der Waals surface area contributed by atoms with Gasteiger partial charge in [0.15, 0.2) is 0 Å². The molecule has 68 valence electrons. The van der Waals surface area contributed by atoms with Gasteiger partial charge in [0.25, 0.3) is 0 Å². The van der Waals surface area contributed by atoms with Crippen LogP contribution in [0, 0.1) is 23.2 Å². The minimum atomic E-state index is 0.156. The Morgan fingerprint density at radius 1 is 1.50 bits per heavy atom.